The van der Waals surface area contributed by atoms with Crippen molar-refractivity contribution in [3.05, 3.63) is 46.6 Å². The number of nitrogens with two attached hydrogens (primary N) is 1. The van der Waals surface area contributed by atoms with E-state index in [1.165, 1.54) is 0 Å². The quantitative estimate of drug-likeness (QED) is 0.913. The van der Waals surface area contributed by atoms with Crippen molar-refractivity contribution in [3.8, 4) is 6.07 Å². The maximum absolute atomic E-state index is 8.59. The monoisotopic (exact) mass is 302 g/mol. The molecule has 1 aromatic carbocycles. The molecule has 0 aliphatic rings. The van der Waals surface area contributed by atoms with Crippen LogP contribution in [0.1, 0.15) is 5.56 Å². The third kappa shape index (κ3) is 2.99. The van der Waals surface area contributed by atoms with Crippen LogP contribution in [0.3, 0.4) is 0 Å². The zero-order valence-electron chi connectivity index (χ0n) is 9.52. The first kappa shape index (κ1) is 12.4. The second kappa shape index (κ2) is 5.52. The fourth-order valence-corrected chi connectivity index (χ4v) is 1.84. The average molecular weight is 303 g/mol. The molecule has 0 amide bonds. The summed E-state index contributed by atoms with van der Waals surface area (Å²) in [6, 6.07) is 11.5. The van der Waals surface area contributed by atoms with Crippen molar-refractivity contribution in [2.45, 2.75) is 6.42 Å². The zero-order chi connectivity index (χ0) is 13.0. The summed E-state index contributed by atoms with van der Waals surface area (Å²) in [5.41, 5.74) is 8.30. The van der Waals surface area contributed by atoms with Gasteiger partial charge in [-0.05, 0) is 39.7 Å². The molecule has 1 heterocycles. The van der Waals surface area contributed by atoms with Gasteiger partial charge in [0.05, 0.1) is 18.2 Å². The fourth-order valence-electron chi connectivity index (χ4n) is 1.49. The van der Waals surface area contributed by atoms with E-state index in [-0.39, 0.29) is 0 Å². The van der Waals surface area contributed by atoms with Crippen molar-refractivity contribution in [1.82, 2.24) is 4.98 Å². The zero-order valence-corrected chi connectivity index (χ0v) is 11.1. The van der Waals surface area contributed by atoms with E-state index in [1.54, 1.807) is 12.3 Å². The highest BCUT2D eigenvalue weighted by molar-refractivity contribution is 9.10. The van der Waals surface area contributed by atoms with Crippen LogP contribution in [0.5, 0.6) is 0 Å². The Labute approximate surface area is 114 Å². The lowest BCUT2D eigenvalue weighted by molar-refractivity contribution is 1.26. The van der Waals surface area contributed by atoms with Gasteiger partial charge in [0.15, 0.2) is 5.82 Å². The van der Waals surface area contributed by atoms with Crippen molar-refractivity contribution in [2.24, 2.45) is 0 Å². The maximum Gasteiger partial charge on any atom is 0.153 e. The van der Waals surface area contributed by atoms with Crippen LogP contribution in [-0.2, 0) is 6.42 Å². The maximum atomic E-state index is 8.59. The number of nitrogens with zero attached hydrogens (tertiary/aromatic N) is 2. The molecule has 0 spiro atoms. The van der Waals surface area contributed by atoms with E-state index in [4.69, 9.17) is 11.0 Å². The van der Waals surface area contributed by atoms with Crippen molar-refractivity contribution in [2.75, 3.05) is 11.1 Å². The van der Waals surface area contributed by atoms with Gasteiger partial charge in [0.25, 0.3) is 0 Å². The molecule has 0 unspecified atom stereocenters. The molecule has 0 atom stereocenters. The van der Waals surface area contributed by atoms with Crippen molar-refractivity contribution in [1.29, 1.82) is 5.26 Å². The summed E-state index contributed by atoms with van der Waals surface area (Å²) in [6.07, 6.45) is 2.10. The van der Waals surface area contributed by atoms with E-state index in [1.807, 2.05) is 24.3 Å². The summed E-state index contributed by atoms with van der Waals surface area (Å²) in [5, 5.41) is 11.7. The summed E-state index contributed by atoms with van der Waals surface area (Å²) in [6.45, 7) is 0. The van der Waals surface area contributed by atoms with Gasteiger partial charge in [-0.15, -0.1) is 0 Å². The van der Waals surface area contributed by atoms with Gasteiger partial charge in [0.1, 0.15) is 0 Å². The molecule has 5 heteroatoms. The molecule has 0 radical (unpaired) electrons. The molecule has 90 valence electrons. The van der Waals surface area contributed by atoms with E-state index in [2.05, 4.69) is 32.3 Å². The first-order valence-corrected chi connectivity index (χ1v) is 6.12. The highest BCUT2D eigenvalue weighted by Gasteiger charge is 2.02. The first-order valence-electron chi connectivity index (χ1n) is 5.33. The Hall–Kier alpha value is -2.06. The van der Waals surface area contributed by atoms with Gasteiger partial charge in [0, 0.05) is 16.4 Å². The second-order valence-electron chi connectivity index (χ2n) is 3.75. The Bertz CT molecular complexity index is 587. The number of benzene rings is 1. The lowest BCUT2D eigenvalue weighted by Gasteiger charge is -2.08. The van der Waals surface area contributed by atoms with Gasteiger partial charge >= 0.3 is 0 Å². The SMILES string of the molecule is N#CCc1ccc(Nc2ncc(Br)cc2N)cc1. The molecule has 1 aromatic heterocycles. The van der Waals surface area contributed by atoms with Crippen molar-refractivity contribution >= 4 is 33.1 Å². The second-order valence-corrected chi connectivity index (χ2v) is 4.66. The predicted octanol–water partition coefficient (Wildman–Crippen LogP) is 3.24. The molecule has 0 saturated carbocycles. The lowest BCUT2D eigenvalue weighted by atomic mass is 10.1. The van der Waals surface area contributed by atoms with Gasteiger partial charge in [0.2, 0.25) is 0 Å². The number of rotatable bonds is 3. The average Bonchev–Trinajstić information content (AvgIpc) is 2.35. The molecule has 3 N–H and O–H groups in total. The number of nitriles is 1. The standard InChI is InChI=1S/C13H11BrN4/c14-10-7-12(16)13(17-8-10)18-11-3-1-9(2-4-11)5-6-15/h1-4,7-8H,5,16H2,(H,17,18). The molecule has 0 bridgehead atoms. The summed E-state index contributed by atoms with van der Waals surface area (Å²) >= 11 is 3.31. The molecule has 0 fully saturated rings. The minimum atomic E-state index is 0.416. The predicted molar refractivity (Wildman–Crippen MR) is 75.4 cm³/mol. The molecule has 4 nitrogen and oxygen atoms in total. The van der Waals surface area contributed by atoms with Crippen molar-refractivity contribution in [3.63, 3.8) is 0 Å². The minimum absolute atomic E-state index is 0.416. The van der Waals surface area contributed by atoms with E-state index < -0.39 is 0 Å². The van der Waals surface area contributed by atoms with E-state index in [0.29, 0.717) is 17.9 Å². The van der Waals surface area contributed by atoms with Crippen LogP contribution in [0.25, 0.3) is 0 Å². The smallest absolute Gasteiger partial charge is 0.153 e. The Morgan fingerprint density at radius 1 is 1.33 bits per heavy atom. The summed E-state index contributed by atoms with van der Waals surface area (Å²) < 4.78 is 0.843. The Morgan fingerprint density at radius 3 is 2.67 bits per heavy atom. The van der Waals surface area contributed by atoms with Gasteiger partial charge in [-0.2, -0.15) is 5.26 Å². The third-order valence-electron chi connectivity index (χ3n) is 2.38. The van der Waals surface area contributed by atoms with E-state index >= 15 is 0 Å². The number of nitrogens with one attached hydrogen (secondary N) is 1. The molecule has 0 aliphatic carbocycles. The van der Waals surface area contributed by atoms with Gasteiger partial charge in [-0.1, -0.05) is 12.1 Å². The number of nitrogen functional groups attached to an aromatic ring is 1. The highest BCUT2D eigenvalue weighted by atomic mass is 79.9. The molecule has 0 aliphatic heterocycles. The van der Waals surface area contributed by atoms with Crippen molar-refractivity contribution < 1.29 is 0 Å². The van der Waals surface area contributed by atoms with Crippen LogP contribution >= 0.6 is 15.9 Å². The lowest BCUT2D eigenvalue weighted by Crippen LogP contribution is -1.99. The van der Waals surface area contributed by atoms with E-state index in [0.717, 1.165) is 15.7 Å². The molecule has 2 aromatic rings. The molecule has 18 heavy (non-hydrogen) atoms. The number of anilines is 3. The fraction of sp³-hybridized carbons (Fsp3) is 0.0769. The Morgan fingerprint density at radius 2 is 2.06 bits per heavy atom. The number of hydrogen-bond acceptors (Lipinski definition) is 4. The number of pyridine rings is 1. The summed E-state index contributed by atoms with van der Waals surface area (Å²) in [5.74, 6) is 0.617. The van der Waals surface area contributed by atoms with Gasteiger partial charge < -0.3 is 11.1 Å². The van der Waals surface area contributed by atoms with E-state index in [9.17, 15) is 0 Å². The highest BCUT2D eigenvalue weighted by Crippen LogP contribution is 2.23. The van der Waals surface area contributed by atoms with Crippen LogP contribution in [0.15, 0.2) is 41.0 Å². The molecular weight excluding hydrogens is 292 g/mol. The normalized spacial score (nSPS) is 9.78. The van der Waals surface area contributed by atoms with Crippen LogP contribution in [0.2, 0.25) is 0 Å². The molecule has 2 rings (SSSR count). The van der Waals surface area contributed by atoms with Gasteiger partial charge in [-0.25, -0.2) is 4.98 Å². The Balaban J connectivity index is 2.16. The number of halogens is 1. The topological polar surface area (TPSA) is 74.7 Å². The number of hydrogen-bond donors (Lipinski definition) is 2. The third-order valence-corrected chi connectivity index (χ3v) is 2.82. The number of aromatic nitrogens is 1. The van der Waals surface area contributed by atoms with Crippen LogP contribution < -0.4 is 11.1 Å². The van der Waals surface area contributed by atoms with Crippen LogP contribution in [0.4, 0.5) is 17.2 Å². The van der Waals surface area contributed by atoms with Crippen LogP contribution in [0, 0.1) is 11.3 Å². The molecular formula is C13H11BrN4. The van der Waals surface area contributed by atoms with Gasteiger partial charge in [-0.3, -0.25) is 0 Å². The Kier molecular flexibility index (Phi) is 3.80. The first-order chi connectivity index (χ1) is 8.69. The summed E-state index contributed by atoms with van der Waals surface area (Å²) in [7, 11) is 0. The van der Waals surface area contributed by atoms with Crippen LogP contribution in [-0.4, -0.2) is 4.98 Å². The minimum Gasteiger partial charge on any atom is -0.396 e. The summed E-state index contributed by atoms with van der Waals surface area (Å²) in [4.78, 5) is 4.20. The largest absolute Gasteiger partial charge is 0.396 e. The molecule has 0 saturated heterocycles.